The third-order valence-electron chi connectivity index (χ3n) is 1.80. The van der Waals surface area contributed by atoms with Crippen molar-refractivity contribution in [2.24, 2.45) is 0 Å². The average molecular weight is 276 g/mol. The Bertz CT molecular complexity index is 357. The van der Waals surface area contributed by atoms with Crippen LogP contribution in [0.5, 0.6) is 0 Å². The fourth-order valence-electron chi connectivity index (χ4n) is 1.03. The Morgan fingerprint density at radius 1 is 1.60 bits per heavy atom. The molecule has 1 aromatic rings. The topological polar surface area (TPSA) is 38.3 Å². The number of anilines is 1. The van der Waals surface area contributed by atoms with Crippen molar-refractivity contribution in [3.63, 3.8) is 0 Å². The molecule has 3 nitrogen and oxygen atoms in total. The number of nitrogens with one attached hydrogen (secondary N) is 1. The summed E-state index contributed by atoms with van der Waals surface area (Å²) in [4.78, 5) is 10.8. The molecule has 0 fully saturated rings. The van der Waals surface area contributed by atoms with Crippen LogP contribution in [0.2, 0.25) is 0 Å². The number of hydrogen-bond acceptors (Lipinski definition) is 3. The van der Waals surface area contributed by atoms with Crippen LogP contribution in [0.25, 0.3) is 0 Å². The van der Waals surface area contributed by atoms with Gasteiger partial charge in [-0.3, -0.25) is 4.79 Å². The maximum absolute atomic E-state index is 12.7. The molecule has 0 aliphatic carbocycles. The van der Waals surface area contributed by atoms with Crippen LogP contribution < -0.4 is 5.32 Å². The van der Waals surface area contributed by atoms with Crippen molar-refractivity contribution in [3.8, 4) is 0 Å². The first-order valence-electron chi connectivity index (χ1n) is 4.39. The van der Waals surface area contributed by atoms with Crippen molar-refractivity contribution >= 4 is 27.6 Å². The fourth-order valence-corrected chi connectivity index (χ4v) is 1.53. The zero-order valence-corrected chi connectivity index (χ0v) is 9.80. The monoisotopic (exact) mass is 275 g/mol. The summed E-state index contributed by atoms with van der Waals surface area (Å²) in [6.07, 6.45) is 0.278. The summed E-state index contributed by atoms with van der Waals surface area (Å²) in [5.74, 6) is -0.582. The molecule has 0 amide bonds. The van der Waals surface area contributed by atoms with Crippen molar-refractivity contribution in [3.05, 3.63) is 28.5 Å². The first-order chi connectivity index (χ1) is 7.13. The highest BCUT2D eigenvalue weighted by atomic mass is 79.9. The third kappa shape index (κ3) is 3.87. The number of carbonyl (C=O) groups is 1. The fraction of sp³-hybridized carbons (Fsp3) is 0.300. The van der Waals surface area contributed by atoms with Crippen LogP contribution in [0.3, 0.4) is 0 Å². The maximum Gasteiger partial charge on any atom is 0.307 e. The number of methoxy groups -OCH3 is 1. The summed E-state index contributed by atoms with van der Waals surface area (Å²) in [7, 11) is 1.34. The number of rotatable bonds is 4. The molecule has 1 N–H and O–H groups in total. The minimum absolute atomic E-state index is 0.277. The predicted octanol–water partition coefficient (Wildman–Crippen LogP) is 2.56. The number of carbonyl (C=O) groups excluding carboxylic acids is 1. The number of esters is 1. The van der Waals surface area contributed by atoms with E-state index in [0.29, 0.717) is 11.0 Å². The van der Waals surface area contributed by atoms with Crippen molar-refractivity contribution in [1.29, 1.82) is 0 Å². The van der Waals surface area contributed by atoms with E-state index in [1.165, 1.54) is 19.2 Å². The van der Waals surface area contributed by atoms with Crippen LogP contribution >= 0.6 is 15.9 Å². The second-order valence-electron chi connectivity index (χ2n) is 2.88. The summed E-state index contributed by atoms with van der Waals surface area (Å²) >= 11 is 3.21. The largest absolute Gasteiger partial charge is 0.469 e. The Balaban J connectivity index is 2.47. The molecule has 0 heterocycles. The van der Waals surface area contributed by atoms with Crippen LogP contribution in [0, 0.1) is 5.82 Å². The van der Waals surface area contributed by atoms with E-state index < -0.39 is 0 Å². The van der Waals surface area contributed by atoms with Gasteiger partial charge in [0, 0.05) is 16.7 Å². The molecule has 0 spiro atoms. The molecule has 0 atom stereocenters. The van der Waals surface area contributed by atoms with Crippen LogP contribution in [0.1, 0.15) is 6.42 Å². The van der Waals surface area contributed by atoms with Gasteiger partial charge < -0.3 is 10.1 Å². The van der Waals surface area contributed by atoms with E-state index >= 15 is 0 Å². The van der Waals surface area contributed by atoms with E-state index in [1.807, 2.05) is 0 Å². The van der Waals surface area contributed by atoms with E-state index in [4.69, 9.17) is 0 Å². The molecule has 0 unspecified atom stereocenters. The van der Waals surface area contributed by atoms with Crippen LogP contribution in [-0.4, -0.2) is 19.6 Å². The Labute approximate surface area is 95.7 Å². The second-order valence-corrected chi connectivity index (χ2v) is 3.73. The van der Waals surface area contributed by atoms with E-state index in [-0.39, 0.29) is 18.2 Å². The van der Waals surface area contributed by atoms with Crippen LogP contribution in [0.4, 0.5) is 10.1 Å². The van der Waals surface area contributed by atoms with Gasteiger partial charge in [0.2, 0.25) is 0 Å². The predicted molar refractivity (Wildman–Crippen MR) is 59.2 cm³/mol. The highest BCUT2D eigenvalue weighted by Crippen LogP contribution is 2.22. The van der Waals surface area contributed by atoms with Crippen LogP contribution in [-0.2, 0) is 9.53 Å². The molecule has 0 bridgehead atoms. The summed E-state index contributed by atoms with van der Waals surface area (Å²) in [5.41, 5.74) is 0.750. The molecule has 5 heteroatoms. The van der Waals surface area contributed by atoms with Crippen molar-refractivity contribution < 1.29 is 13.9 Å². The van der Waals surface area contributed by atoms with Gasteiger partial charge in [0.15, 0.2) is 0 Å². The lowest BCUT2D eigenvalue weighted by Gasteiger charge is -2.07. The molecule has 0 radical (unpaired) electrons. The van der Waals surface area contributed by atoms with E-state index in [9.17, 15) is 9.18 Å². The number of benzene rings is 1. The Morgan fingerprint density at radius 2 is 2.33 bits per heavy atom. The Hall–Kier alpha value is -1.10. The van der Waals surface area contributed by atoms with E-state index in [2.05, 4.69) is 26.0 Å². The molecule has 0 saturated carbocycles. The van der Waals surface area contributed by atoms with Gasteiger partial charge in [0.1, 0.15) is 5.82 Å². The molecule has 0 aliphatic rings. The first kappa shape index (κ1) is 12.0. The molecule has 1 rings (SSSR count). The van der Waals surface area contributed by atoms with Crippen molar-refractivity contribution in [2.45, 2.75) is 6.42 Å². The molecular formula is C10H11BrFNO2. The normalized spacial score (nSPS) is 9.80. The summed E-state index contributed by atoms with van der Waals surface area (Å²) in [6.45, 7) is 0.455. The maximum atomic E-state index is 12.7. The number of hydrogen-bond donors (Lipinski definition) is 1. The zero-order chi connectivity index (χ0) is 11.3. The number of halogens is 2. The lowest BCUT2D eigenvalue weighted by Crippen LogP contribution is -2.09. The van der Waals surface area contributed by atoms with E-state index in [1.54, 1.807) is 6.07 Å². The van der Waals surface area contributed by atoms with Gasteiger partial charge in [-0.15, -0.1) is 0 Å². The molecule has 82 valence electrons. The van der Waals surface area contributed by atoms with Gasteiger partial charge in [0.25, 0.3) is 0 Å². The quantitative estimate of drug-likeness (QED) is 0.859. The summed E-state index contributed by atoms with van der Waals surface area (Å²) in [5, 5.41) is 2.99. The highest BCUT2D eigenvalue weighted by Gasteiger charge is 2.02. The van der Waals surface area contributed by atoms with Gasteiger partial charge in [-0.2, -0.15) is 0 Å². The molecule has 1 aromatic carbocycles. The summed E-state index contributed by atoms with van der Waals surface area (Å²) < 4.78 is 17.8. The van der Waals surface area contributed by atoms with Crippen LogP contribution in [0.15, 0.2) is 22.7 Å². The third-order valence-corrected chi connectivity index (χ3v) is 2.46. The molecule has 0 aromatic heterocycles. The van der Waals surface area contributed by atoms with Gasteiger partial charge in [0.05, 0.1) is 13.5 Å². The Morgan fingerprint density at radius 3 is 2.93 bits per heavy atom. The smallest absolute Gasteiger partial charge is 0.307 e. The Kier molecular flexibility index (Phi) is 4.55. The minimum Gasteiger partial charge on any atom is -0.469 e. The lowest BCUT2D eigenvalue weighted by molar-refractivity contribution is -0.140. The van der Waals surface area contributed by atoms with Gasteiger partial charge in [-0.1, -0.05) is 0 Å². The van der Waals surface area contributed by atoms with Gasteiger partial charge >= 0.3 is 5.97 Å². The summed E-state index contributed by atoms with van der Waals surface area (Å²) in [6, 6.07) is 4.32. The minimum atomic E-state index is -0.305. The molecule has 0 aliphatic heterocycles. The standard InChI is InChI=1S/C10H11BrFNO2/c1-15-10(14)4-5-13-9-3-2-7(12)6-8(9)11/h2-3,6,13H,4-5H2,1H3. The average Bonchev–Trinajstić information content (AvgIpc) is 2.21. The highest BCUT2D eigenvalue weighted by molar-refractivity contribution is 9.10. The lowest BCUT2D eigenvalue weighted by atomic mass is 10.3. The molecular weight excluding hydrogens is 265 g/mol. The SMILES string of the molecule is COC(=O)CCNc1ccc(F)cc1Br. The van der Waals surface area contributed by atoms with Crippen molar-refractivity contribution in [1.82, 2.24) is 0 Å². The first-order valence-corrected chi connectivity index (χ1v) is 5.18. The molecule has 15 heavy (non-hydrogen) atoms. The number of ether oxygens (including phenoxy) is 1. The van der Waals surface area contributed by atoms with Crippen molar-refractivity contribution in [2.75, 3.05) is 19.0 Å². The van der Waals surface area contributed by atoms with E-state index in [0.717, 1.165) is 5.69 Å². The van der Waals surface area contributed by atoms with Gasteiger partial charge in [-0.05, 0) is 34.1 Å². The zero-order valence-electron chi connectivity index (χ0n) is 8.22. The molecule has 0 saturated heterocycles. The second kappa shape index (κ2) is 5.70. The van der Waals surface area contributed by atoms with Gasteiger partial charge in [-0.25, -0.2) is 4.39 Å².